The van der Waals surface area contributed by atoms with Gasteiger partial charge in [-0.25, -0.2) is 0 Å². The Morgan fingerprint density at radius 3 is 2.41 bits per heavy atom. The van der Waals surface area contributed by atoms with Crippen LogP contribution in [0, 0.1) is 23.2 Å². The number of anilines is 1. The second kappa shape index (κ2) is 5.14. The Bertz CT molecular complexity index is 1150. The fourth-order valence-corrected chi connectivity index (χ4v) is 9.04. The van der Waals surface area contributed by atoms with E-state index in [1.165, 1.54) is 48.0 Å². The number of aromatic hydroxyl groups is 1. The minimum Gasteiger partial charge on any atom is -0.506 e. The first-order valence-electron chi connectivity index (χ1n) is 9.55. The second-order valence-electron chi connectivity index (χ2n) is 8.86. The molecule has 0 saturated heterocycles. The first kappa shape index (κ1) is 16.1. The molecule has 0 unspecified atom stereocenters. The smallest absolute Gasteiger partial charge is 0.252 e. The van der Waals surface area contributed by atoms with Crippen LogP contribution in [-0.2, 0) is 0 Å². The number of thiophene rings is 2. The number of Topliss-reactive ketones (excluding diaryl/α,β-unsaturated/α-hetero) is 1. The van der Waals surface area contributed by atoms with Crippen molar-refractivity contribution in [3.8, 4) is 5.75 Å². The number of carbonyl (C=O) groups is 1. The molecule has 5 nitrogen and oxygen atoms in total. The first-order valence-corrected chi connectivity index (χ1v) is 11.2. The first-order chi connectivity index (χ1) is 12.9. The molecule has 4 saturated carbocycles. The maximum absolute atomic E-state index is 13.7. The van der Waals surface area contributed by atoms with Crippen molar-refractivity contribution in [3.05, 3.63) is 21.3 Å². The monoisotopic (exact) mass is 400 g/mol. The van der Waals surface area contributed by atoms with Crippen molar-refractivity contribution in [2.24, 2.45) is 23.2 Å². The van der Waals surface area contributed by atoms with Crippen LogP contribution < -0.4 is 11.3 Å². The van der Waals surface area contributed by atoms with E-state index in [1.54, 1.807) is 0 Å². The number of fused-ring (bicyclic) bond motifs is 3. The highest BCUT2D eigenvalue weighted by molar-refractivity contribution is 7.42. The van der Waals surface area contributed by atoms with Crippen molar-refractivity contribution in [1.29, 1.82) is 0 Å². The molecule has 0 atom stereocenters. The molecule has 7 rings (SSSR count). The van der Waals surface area contributed by atoms with Crippen molar-refractivity contribution in [2.75, 3.05) is 5.73 Å². The van der Waals surface area contributed by atoms with E-state index in [-0.39, 0.29) is 22.5 Å². The quantitative estimate of drug-likeness (QED) is 0.552. The van der Waals surface area contributed by atoms with Crippen LogP contribution in [-0.4, -0.2) is 15.9 Å². The third-order valence-electron chi connectivity index (χ3n) is 7.06. The lowest BCUT2D eigenvalue weighted by molar-refractivity contribution is -0.0350. The van der Waals surface area contributed by atoms with Crippen LogP contribution in [0.15, 0.2) is 10.9 Å². The van der Waals surface area contributed by atoms with Crippen LogP contribution in [0.2, 0.25) is 0 Å². The number of hydrogen-bond acceptors (Lipinski definition) is 6. The molecule has 0 aromatic carbocycles. The molecule has 0 amide bonds. The summed E-state index contributed by atoms with van der Waals surface area (Å²) in [5, 5.41) is 10.8. The third kappa shape index (κ3) is 2.10. The Hall–Kier alpha value is -1.86. The van der Waals surface area contributed by atoms with Gasteiger partial charge in [-0.05, 0) is 56.3 Å². The number of nitrogen functional groups attached to an aromatic ring is 1. The van der Waals surface area contributed by atoms with Gasteiger partial charge in [-0.15, -0.1) is 22.7 Å². The molecule has 4 fully saturated rings. The maximum Gasteiger partial charge on any atom is 0.252 e. The van der Waals surface area contributed by atoms with Crippen molar-refractivity contribution in [2.45, 2.75) is 38.5 Å². The predicted octanol–water partition coefficient (Wildman–Crippen LogP) is 4.49. The average molecular weight is 401 g/mol. The Labute approximate surface area is 163 Å². The van der Waals surface area contributed by atoms with Gasteiger partial charge in [0.15, 0.2) is 5.78 Å². The van der Waals surface area contributed by atoms with Crippen molar-refractivity contribution < 1.29 is 9.90 Å². The van der Waals surface area contributed by atoms with E-state index >= 15 is 0 Å². The molecule has 140 valence electrons. The lowest BCUT2D eigenvalue weighted by atomic mass is 9.48. The fourth-order valence-electron chi connectivity index (χ4n) is 6.43. The van der Waals surface area contributed by atoms with Crippen molar-refractivity contribution in [1.82, 2.24) is 4.98 Å². The molecular weight excluding hydrogens is 380 g/mol. The van der Waals surface area contributed by atoms with Gasteiger partial charge in [0, 0.05) is 11.5 Å². The molecular formula is C20H20N2O3S2. The van der Waals surface area contributed by atoms with Crippen LogP contribution in [0.25, 0.3) is 19.6 Å². The number of carbonyl (C=O) groups excluding carboxylic acids is 1. The predicted molar refractivity (Wildman–Crippen MR) is 109 cm³/mol. The number of nitrogens with one attached hydrogen (secondary N) is 1. The average Bonchev–Trinajstić information content (AvgIpc) is 3.10. The number of pyridine rings is 1. The number of nitrogens with two attached hydrogens (primary N) is 1. The summed E-state index contributed by atoms with van der Waals surface area (Å²) >= 11 is 2.82. The zero-order valence-corrected chi connectivity index (χ0v) is 16.3. The molecule has 3 aromatic heterocycles. The van der Waals surface area contributed by atoms with Gasteiger partial charge in [-0.3, -0.25) is 9.59 Å². The highest BCUT2D eigenvalue weighted by atomic mass is 32.2. The Morgan fingerprint density at radius 2 is 1.78 bits per heavy atom. The molecule has 7 heteroatoms. The SMILES string of the molecule is Nc1c(C(=O)C23CC4CC(CC(C4)C2)C3)sc2sc3c(O)cc(=O)[nH]c3c12. The van der Waals surface area contributed by atoms with Gasteiger partial charge in [0.05, 0.1) is 30.2 Å². The maximum atomic E-state index is 13.7. The van der Waals surface area contributed by atoms with Gasteiger partial charge in [-0.2, -0.15) is 0 Å². The Morgan fingerprint density at radius 1 is 1.15 bits per heavy atom. The number of hydrogen-bond donors (Lipinski definition) is 3. The van der Waals surface area contributed by atoms with Gasteiger partial charge in [-0.1, -0.05) is 0 Å². The summed E-state index contributed by atoms with van der Waals surface area (Å²) in [6.45, 7) is 0. The molecule has 4 aliphatic rings. The van der Waals surface area contributed by atoms with Crippen LogP contribution >= 0.6 is 22.7 Å². The molecule has 0 spiro atoms. The van der Waals surface area contributed by atoms with Gasteiger partial charge < -0.3 is 15.8 Å². The Balaban J connectivity index is 1.51. The lowest BCUT2D eigenvalue weighted by Crippen LogP contribution is -2.49. The number of aromatic nitrogens is 1. The molecule has 27 heavy (non-hydrogen) atoms. The second-order valence-corrected chi connectivity index (χ2v) is 11.2. The summed E-state index contributed by atoms with van der Waals surface area (Å²) in [6, 6.07) is 1.18. The zero-order valence-electron chi connectivity index (χ0n) is 14.7. The van der Waals surface area contributed by atoms with Crippen LogP contribution in [0.3, 0.4) is 0 Å². The largest absolute Gasteiger partial charge is 0.506 e. The van der Waals surface area contributed by atoms with E-state index in [9.17, 15) is 14.7 Å². The third-order valence-corrected chi connectivity index (χ3v) is 9.57. The summed E-state index contributed by atoms with van der Waals surface area (Å²) < 4.78 is 1.52. The fraction of sp³-hybridized carbons (Fsp3) is 0.500. The highest BCUT2D eigenvalue weighted by Crippen LogP contribution is 2.62. The number of aromatic amines is 1. The van der Waals surface area contributed by atoms with Crippen LogP contribution in [0.1, 0.15) is 48.2 Å². The van der Waals surface area contributed by atoms with Crippen molar-refractivity contribution in [3.63, 3.8) is 0 Å². The van der Waals surface area contributed by atoms with Gasteiger partial charge >= 0.3 is 0 Å². The highest BCUT2D eigenvalue weighted by Gasteiger charge is 2.55. The van der Waals surface area contributed by atoms with E-state index in [0.717, 1.165) is 28.7 Å². The summed E-state index contributed by atoms with van der Waals surface area (Å²) in [6.07, 6.45) is 6.94. The van der Waals surface area contributed by atoms with Crippen LogP contribution in [0.4, 0.5) is 5.69 Å². The minimum absolute atomic E-state index is 0.0319. The topological polar surface area (TPSA) is 96.2 Å². The molecule has 4 aliphatic carbocycles. The molecule has 4 bridgehead atoms. The number of ketones is 1. The molecule has 3 aromatic rings. The molecule has 0 aliphatic heterocycles. The summed E-state index contributed by atoms with van der Waals surface area (Å²) in [4.78, 5) is 28.9. The van der Waals surface area contributed by atoms with Gasteiger partial charge in [0.2, 0.25) is 0 Å². The van der Waals surface area contributed by atoms with Crippen molar-refractivity contribution >= 4 is 53.8 Å². The summed E-state index contributed by atoms with van der Waals surface area (Å²) in [5.41, 5.74) is 6.91. The zero-order chi connectivity index (χ0) is 18.5. The standard InChI is InChI=1S/C20H20N2O3S2/c21-14-13-15-16(11(23)4-12(24)22-15)26-19(13)27-17(14)18(25)20-5-8-1-9(6-20)3-10(2-8)7-20/h4,8-10H,1-3,5-7,21H2,(H2,22,23,24). The number of H-pyrrole nitrogens is 1. The van der Waals surface area contributed by atoms with E-state index in [2.05, 4.69) is 4.98 Å². The van der Waals surface area contributed by atoms with Crippen LogP contribution in [0.5, 0.6) is 5.75 Å². The Kier molecular flexibility index (Phi) is 3.07. The van der Waals surface area contributed by atoms with E-state index in [0.29, 0.717) is 38.5 Å². The van der Waals surface area contributed by atoms with Gasteiger partial charge in [0.1, 0.15) is 5.75 Å². The summed E-state index contributed by atoms with van der Waals surface area (Å²) in [5.74, 6) is 2.31. The molecule has 3 heterocycles. The summed E-state index contributed by atoms with van der Waals surface area (Å²) in [7, 11) is 0. The molecule has 4 N–H and O–H groups in total. The van der Waals surface area contributed by atoms with E-state index in [1.807, 2.05) is 0 Å². The van der Waals surface area contributed by atoms with E-state index in [4.69, 9.17) is 5.73 Å². The minimum atomic E-state index is -0.362. The normalized spacial score (nSPS) is 31.9. The lowest BCUT2D eigenvalue weighted by Gasteiger charge is -2.55. The number of rotatable bonds is 2. The van der Waals surface area contributed by atoms with Gasteiger partial charge in [0.25, 0.3) is 5.56 Å². The molecule has 0 radical (unpaired) electrons. The van der Waals surface area contributed by atoms with E-state index < -0.39 is 0 Å².